The number of rotatable bonds is 5. The maximum Gasteiger partial charge on any atom is 0.222 e. The van der Waals surface area contributed by atoms with Gasteiger partial charge in [0, 0.05) is 25.9 Å². The van der Waals surface area contributed by atoms with Gasteiger partial charge in [0.2, 0.25) is 11.8 Å². The van der Waals surface area contributed by atoms with E-state index in [0.29, 0.717) is 12.8 Å². The summed E-state index contributed by atoms with van der Waals surface area (Å²) in [7, 11) is 0. The van der Waals surface area contributed by atoms with Crippen molar-refractivity contribution in [1.82, 2.24) is 4.90 Å². The molecule has 0 spiro atoms. The van der Waals surface area contributed by atoms with Crippen molar-refractivity contribution in [2.75, 3.05) is 13.1 Å². The number of carbonyl (C=O) groups is 2. The van der Waals surface area contributed by atoms with Crippen molar-refractivity contribution in [3.63, 3.8) is 0 Å². The number of nitrogens with two attached hydrogens (primary N) is 1. The smallest absolute Gasteiger partial charge is 0.222 e. The predicted octanol–water partition coefficient (Wildman–Crippen LogP) is 0.264. The molecule has 4 heteroatoms. The fraction of sp³-hybridized carbons (Fsp3) is 0.778. The number of nitrogens with zero attached hydrogens (tertiary/aromatic N) is 1. The Morgan fingerprint density at radius 1 is 1.46 bits per heavy atom. The van der Waals surface area contributed by atoms with Crippen molar-refractivity contribution in [2.45, 2.75) is 32.1 Å². The van der Waals surface area contributed by atoms with Crippen LogP contribution in [0.5, 0.6) is 0 Å². The molecule has 0 atom stereocenters. The van der Waals surface area contributed by atoms with Crippen molar-refractivity contribution in [2.24, 2.45) is 5.73 Å². The normalized spacial score (nSPS) is 16.6. The zero-order chi connectivity index (χ0) is 9.68. The van der Waals surface area contributed by atoms with Gasteiger partial charge in [-0.05, 0) is 19.3 Å². The van der Waals surface area contributed by atoms with Crippen LogP contribution >= 0.6 is 0 Å². The van der Waals surface area contributed by atoms with Crippen molar-refractivity contribution in [1.29, 1.82) is 0 Å². The SMILES string of the molecule is NC(=O)CCCCN1CCCC1=O. The minimum atomic E-state index is -0.257. The summed E-state index contributed by atoms with van der Waals surface area (Å²) in [6.07, 6.45) is 3.78. The summed E-state index contributed by atoms with van der Waals surface area (Å²) < 4.78 is 0. The van der Waals surface area contributed by atoms with Gasteiger partial charge in [-0.1, -0.05) is 0 Å². The Bertz CT molecular complexity index is 204. The predicted molar refractivity (Wildman–Crippen MR) is 48.9 cm³/mol. The van der Waals surface area contributed by atoms with E-state index in [2.05, 4.69) is 0 Å². The number of carbonyl (C=O) groups excluding carboxylic acids is 2. The second-order valence-corrected chi connectivity index (χ2v) is 3.41. The first kappa shape index (κ1) is 10.0. The molecule has 13 heavy (non-hydrogen) atoms. The molecule has 1 rings (SSSR count). The van der Waals surface area contributed by atoms with Crippen LogP contribution in [0, 0.1) is 0 Å². The Kier molecular flexibility index (Phi) is 3.73. The van der Waals surface area contributed by atoms with Crippen LogP contribution in [-0.2, 0) is 9.59 Å². The van der Waals surface area contributed by atoms with Crippen molar-refractivity contribution in [3.8, 4) is 0 Å². The van der Waals surface area contributed by atoms with Crippen LogP contribution in [0.3, 0.4) is 0 Å². The molecule has 2 amide bonds. The van der Waals surface area contributed by atoms with Crippen LogP contribution < -0.4 is 5.73 Å². The number of amides is 2. The maximum atomic E-state index is 11.1. The van der Waals surface area contributed by atoms with Gasteiger partial charge in [-0.3, -0.25) is 9.59 Å². The first-order chi connectivity index (χ1) is 6.20. The third-order valence-corrected chi connectivity index (χ3v) is 2.27. The van der Waals surface area contributed by atoms with Gasteiger partial charge in [0.1, 0.15) is 0 Å². The largest absolute Gasteiger partial charge is 0.370 e. The summed E-state index contributed by atoms with van der Waals surface area (Å²) in [5.41, 5.74) is 4.99. The number of hydrogen-bond acceptors (Lipinski definition) is 2. The molecular weight excluding hydrogens is 168 g/mol. The molecule has 1 heterocycles. The first-order valence-corrected chi connectivity index (χ1v) is 4.76. The molecule has 0 aliphatic carbocycles. The highest BCUT2D eigenvalue weighted by Gasteiger charge is 2.18. The Balaban J connectivity index is 2.05. The van der Waals surface area contributed by atoms with E-state index in [1.807, 2.05) is 4.90 Å². The average molecular weight is 184 g/mol. The van der Waals surface area contributed by atoms with Crippen LogP contribution in [0.4, 0.5) is 0 Å². The molecule has 1 aliphatic heterocycles. The standard InChI is InChI=1S/C9H16N2O2/c10-8(12)4-1-2-6-11-7-3-5-9(11)13/h1-7H2,(H2,10,12). The number of primary amides is 1. The Hall–Kier alpha value is -1.06. The van der Waals surface area contributed by atoms with E-state index >= 15 is 0 Å². The van der Waals surface area contributed by atoms with Gasteiger partial charge in [-0.25, -0.2) is 0 Å². The summed E-state index contributed by atoms with van der Waals surface area (Å²) in [5.74, 6) is -0.00757. The van der Waals surface area contributed by atoms with Crippen LogP contribution in [0.15, 0.2) is 0 Å². The highest BCUT2D eigenvalue weighted by molar-refractivity contribution is 5.78. The lowest BCUT2D eigenvalue weighted by Gasteiger charge is -2.14. The van der Waals surface area contributed by atoms with Crippen LogP contribution in [0.2, 0.25) is 0 Å². The van der Waals surface area contributed by atoms with Crippen LogP contribution in [-0.4, -0.2) is 29.8 Å². The lowest BCUT2D eigenvalue weighted by molar-refractivity contribution is -0.127. The molecule has 74 valence electrons. The third kappa shape index (κ3) is 3.44. The molecule has 0 saturated carbocycles. The molecule has 0 bridgehead atoms. The lowest BCUT2D eigenvalue weighted by Crippen LogP contribution is -2.25. The van der Waals surface area contributed by atoms with E-state index in [0.717, 1.165) is 32.4 Å². The van der Waals surface area contributed by atoms with Gasteiger partial charge >= 0.3 is 0 Å². The number of unbranched alkanes of at least 4 members (excludes halogenated alkanes) is 1. The zero-order valence-electron chi connectivity index (χ0n) is 7.79. The van der Waals surface area contributed by atoms with Gasteiger partial charge in [0.25, 0.3) is 0 Å². The minimum absolute atomic E-state index is 0.249. The van der Waals surface area contributed by atoms with Crippen molar-refractivity contribution >= 4 is 11.8 Å². The van der Waals surface area contributed by atoms with Crippen molar-refractivity contribution < 1.29 is 9.59 Å². The monoisotopic (exact) mass is 184 g/mol. The van der Waals surface area contributed by atoms with Gasteiger partial charge in [-0.2, -0.15) is 0 Å². The highest BCUT2D eigenvalue weighted by atomic mass is 16.2. The van der Waals surface area contributed by atoms with Crippen molar-refractivity contribution in [3.05, 3.63) is 0 Å². The molecule has 1 aliphatic rings. The van der Waals surface area contributed by atoms with E-state index in [-0.39, 0.29) is 11.8 Å². The zero-order valence-corrected chi connectivity index (χ0v) is 7.79. The number of hydrogen-bond donors (Lipinski definition) is 1. The molecule has 1 saturated heterocycles. The molecule has 0 aromatic heterocycles. The second kappa shape index (κ2) is 4.84. The average Bonchev–Trinajstić information content (AvgIpc) is 2.45. The van der Waals surface area contributed by atoms with E-state index < -0.39 is 0 Å². The lowest BCUT2D eigenvalue weighted by atomic mass is 10.2. The fourth-order valence-electron chi connectivity index (χ4n) is 1.54. The molecule has 2 N–H and O–H groups in total. The summed E-state index contributed by atoms with van der Waals surface area (Å²) >= 11 is 0. The van der Waals surface area contributed by atoms with E-state index in [1.54, 1.807) is 0 Å². The summed E-state index contributed by atoms with van der Waals surface area (Å²) in [4.78, 5) is 23.4. The molecule has 4 nitrogen and oxygen atoms in total. The highest BCUT2D eigenvalue weighted by Crippen LogP contribution is 2.10. The second-order valence-electron chi connectivity index (χ2n) is 3.41. The molecular formula is C9H16N2O2. The molecule has 0 aromatic rings. The fourth-order valence-corrected chi connectivity index (χ4v) is 1.54. The number of likely N-dealkylation sites (tertiary alicyclic amines) is 1. The summed E-state index contributed by atoms with van der Waals surface area (Å²) in [6.45, 7) is 1.67. The van der Waals surface area contributed by atoms with E-state index in [9.17, 15) is 9.59 Å². The quantitative estimate of drug-likeness (QED) is 0.623. The summed E-state index contributed by atoms with van der Waals surface area (Å²) in [6, 6.07) is 0. The summed E-state index contributed by atoms with van der Waals surface area (Å²) in [5, 5.41) is 0. The van der Waals surface area contributed by atoms with Crippen LogP contribution in [0.1, 0.15) is 32.1 Å². The van der Waals surface area contributed by atoms with Gasteiger partial charge in [0.15, 0.2) is 0 Å². The third-order valence-electron chi connectivity index (χ3n) is 2.27. The Morgan fingerprint density at radius 3 is 2.77 bits per heavy atom. The molecule has 0 aromatic carbocycles. The van der Waals surface area contributed by atoms with Gasteiger partial charge in [-0.15, -0.1) is 0 Å². The van der Waals surface area contributed by atoms with Gasteiger partial charge in [0.05, 0.1) is 0 Å². The topological polar surface area (TPSA) is 63.4 Å². The molecule has 0 radical (unpaired) electrons. The minimum Gasteiger partial charge on any atom is -0.370 e. The van der Waals surface area contributed by atoms with Gasteiger partial charge < -0.3 is 10.6 Å². The molecule has 0 unspecified atom stereocenters. The van der Waals surface area contributed by atoms with E-state index in [4.69, 9.17) is 5.73 Å². The maximum absolute atomic E-state index is 11.1. The Labute approximate surface area is 78.1 Å². The van der Waals surface area contributed by atoms with E-state index in [1.165, 1.54) is 0 Å². The molecule has 1 fully saturated rings. The Morgan fingerprint density at radius 2 is 2.23 bits per heavy atom. The van der Waals surface area contributed by atoms with Crippen LogP contribution in [0.25, 0.3) is 0 Å². The first-order valence-electron chi connectivity index (χ1n) is 4.76.